The maximum absolute atomic E-state index is 11.9. The minimum atomic E-state index is -0.402. The Bertz CT molecular complexity index is 639. The molecule has 0 aliphatic heterocycles. The lowest BCUT2D eigenvalue weighted by atomic mass is 9.96. The molecule has 0 amide bonds. The highest BCUT2D eigenvalue weighted by molar-refractivity contribution is 5.88. The van der Waals surface area contributed by atoms with Crippen molar-refractivity contribution in [2.24, 2.45) is 7.05 Å². The molecular weight excluding hydrogens is 228 g/mol. The van der Waals surface area contributed by atoms with Crippen molar-refractivity contribution in [1.82, 2.24) is 9.55 Å². The first-order valence-corrected chi connectivity index (χ1v) is 6.10. The summed E-state index contributed by atoms with van der Waals surface area (Å²) >= 11 is 0. The molecule has 1 aromatic carbocycles. The number of carbonyl (C=O) groups excluding carboxylic acids is 1. The van der Waals surface area contributed by atoms with Gasteiger partial charge in [0.05, 0.1) is 23.6 Å². The molecule has 0 N–H and O–H groups in total. The second kappa shape index (κ2) is 3.57. The number of ether oxygens (including phenoxy) is 1. The second-order valence-electron chi connectivity index (χ2n) is 5.00. The summed E-state index contributed by atoms with van der Waals surface area (Å²) in [5.41, 5.74) is 2.69. The number of imidazole rings is 1. The van der Waals surface area contributed by atoms with Crippen molar-refractivity contribution in [1.29, 1.82) is 0 Å². The Balaban J connectivity index is 2.14. The molecule has 0 bridgehead atoms. The van der Waals surface area contributed by atoms with Crippen molar-refractivity contribution in [3.8, 4) is 0 Å². The number of benzene rings is 1. The van der Waals surface area contributed by atoms with Crippen LogP contribution in [0.2, 0.25) is 0 Å². The van der Waals surface area contributed by atoms with Gasteiger partial charge in [-0.15, -0.1) is 0 Å². The van der Waals surface area contributed by atoms with E-state index in [9.17, 15) is 4.79 Å². The maximum Gasteiger partial charge on any atom is 0.316 e. The van der Waals surface area contributed by atoms with Crippen LogP contribution in [-0.4, -0.2) is 22.6 Å². The number of nitrogens with zero attached hydrogens (tertiary/aromatic N) is 2. The molecular formula is C14H16N2O2. The van der Waals surface area contributed by atoms with Gasteiger partial charge in [-0.05, 0) is 37.5 Å². The fourth-order valence-electron chi connectivity index (χ4n) is 2.54. The molecule has 0 spiro atoms. The molecule has 1 aliphatic carbocycles. The molecule has 1 aliphatic rings. The quantitative estimate of drug-likeness (QED) is 0.760. The van der Waals surface area contributed by atoms with Gasteiger partial charge in [0, 0.05) is 7.05 Å². The molecule has 94 valence electrons. The average Bonchev–Trinajstić information content (AvgIpc) is 3.14. The summed E-state index contributed by atoms with van der Waals surface area (Å²) in [4.78, 5) is 16.3. The van der Waals surface area contributed by atoms with E-state index in [-0.39, 0.29) is 5.97 Å². The molecule has 4 heteroatoms. The summed E-state index contributed by atoms with van der Waals surface area (Å²) in [7, 11) is 3.45. The lowest BCUT2D eigenvalue weighted by Crippen LogP contribution is -2.21. The molecule has 2 aromatic rings. The van der Waals surface area contributed by atoms with E-state index in [1.165, 1.54) is 7.11 Å². The largest absolute Gasteiger partial charge is 0.468 e. The number of methoxy groups -OCH3 is 1. The van der Waals surface area contributed by atoms with E-state index in [0.29, 0.717) is 0 Å². The lowest BCUT2D eigenvalue weighted by Gasteiger charge is -2.13. The smallest absolute Gasteiger partial charge is 0.316 e. The number of esters is 1. The first-order valence-electron chi connectivity index (χ1n) is 6.10. The average molecular weight is 244 g/mol. The summed E-state index contributed by atoms with van der Waals surface area (Å²) < 4.78 is 6.97. The van der Waals surface area contributed by atoms with Crippen LogP contribution in [0.4, 0.5) is 0 Å². The summed E-state index contributed by atoms with van der Waals surface area (Å²) in [6.45, 7) is 1.98. The van der Waals surface area contributed by atoms with Gasteiger partial charge in [-0.2, -0.15) is 0 Å². The number of carbonyl (C=O) groups is 1. The van der Waals surface area contributed by atoms with Crippen LogP contribution in [0.1, 0.15) is 24.2 Å². The van der Waals surface area contributed by atoms with Gasteiger partial charge in [0.1, 0.15) is 5.82 Å². The van der Waals surface area contributed by atoms with Gasteiger partial charge in [-0.1, -0.05) is 6.07 Å². The first kappa shape index (κ1) is 11.3. The van der Waals surface area contributed by atoms with Gasteiger partial charge in [0.15, 0.2) is 0 Å². The second-order valence-corrected chi connectivity index (χ2v) is 5.00. The summed E-state index contributed by atoms with van der Waals surface area (Å²) in [6.07, 6.45) is 1.75. The highest BCUT2D eigenvalue weighted by atomic mass is 16.5. The fraction of sp³-hybridized carbons (Fsp3) is 0.429. The number of aromatic nitrogens is 2. The van der Waals surface area contributed by atoms with Crippen LogP contribution in [-0.2, 0) is 22.0 Å². The van der Waals surface area contributed by atoms with Gasteiger partial charge >= 0.3 is 5.97 Å². The highest BCUT2D eigenvalue weighted by Gasteiger charge is 2.52. The zero-order valence-corrected chi connectivity index (χ0v) is 10.9. The fourth-order valence-corrected chi connectivity index (χ4v) is 2.54. The molecule has 0 saturated heterocycles. The normalized spacial score (nSPS) is 16.8. The van der Waals surface area contributed by atoms with Gasteiger partial charge in [0.2, 0.25) is 0 Å². The minimum absolute atomic E-state index is 0.124. The zero-order chi connectivity index (χ0) is 12.9. The standard InChI is InChI=1S/C14H16N2O2/c1-9-15-11-5-4-10(8-12(11)16(9)2)14(6-7-14)13(17)18-3/h4-5,8H,6-7H2,1-3H3. The predicted octanol–water partition coefficient (Wildman–Crippen LogP) is 2.09. The molecule has 1 fully saturated rings. The van der Waals surface area contributed by atoms with Crippen LogP contribution < -0.4 is 0 Å². The maximum atomic E-state index is 11.9. The van der Waals surface area contributed by atoms with E-state index in [1.807, 2.05) is 30.7 Å². The van der Waals surface area contributed by atoms with Gasteiger partial charge in [-0.25, -0.2) is 4.98 Å². The lowest BCUT2D eigenvalue weighted by molar-refractivity contribution is -0.143. The van der Waals surface area contributed by atoms with Crippen molar-refractivity contribution in [2.75, 3.05) is 7.11 Å². The SMILES string of the molecule is COC(=O)C1(c2ccc3nc(C)n(C)c3c2)CC1. The summed E-state index contributed by atoms with van der Waals surface area (Å²) in [6, 6.07) is 6.05. The molecule has 3 rings (SSSR count). The van der Waals surface area contributed by atoms with Crippen molar-refractivity contribution < 1.29 is 9.53 Å². The Morgan fingerprint density at radius 1 is 1.44 bits per heavy atom. The first-order chi connectivity index (χ1) is 8.58. The number of rotatable bonds is 2. The van der Waals surface area contributed by atoms with E-state index in [4.69, 9.17) is 4.74 Å². The van der Waals surface area contributed by atoms with E-state index >= 15 is 0 Å². The molecule has 1 heterocycles. The Morgan fingerprint density at radius 2 is 2.17 bits per heavy atom. The van der Waals surface area contributed by atoms with Gasteiger partial charge in [0.25, 0.3) is 0 Å². The molecule has 1 saturated carbocycles. The number of aryl methyl sites for hydroxylation is 2. The Labute approximate surface area is 106 Å². The van der Waals surface area contributed by atoms with E-state index < -0.39 is 5.41 Å². The Morgan fingerprint density at radius 3 is 2.78 bits per heavy atom. The number of hydrogen-bond acceptors (Lipinski definition) is 3. The number of fused-ring (bicyclic) bond motifs is 1. The molecule has 0 atom stereocenters. The third-order valence-electron chi connectivity index (χ3n) is 3.98. The Hall–Kier alpha value is -1.84. The Kier molecular flexibility index (Phi) is 2.24. The van der Waals surface area contributed by atoms with Crippen molar-refractivity contribution in [3.63, 3.8) is 0 Å². The van der Waals surface area contributed by atoms with Crippen LogP contribution in [0.15, 0.2) is 18.2 Å². The molecule has 4 nitrogen and oxygen atoms in total. The molecule has 0 radical (unpaired) electrons. The van der Waals surface area contributed by atoms with Gasteiger partial charge in [-0.3, -0.25) is 4.79 Å². The molecule has 0 unspecified atom stereocenters. The number of hydrogen-bond donors (Lipinski definition) is 0. The van der Waals surface area contributed by atoms with Gasteiger partial charge < -0.3 is 9.30 Å². The molecule has 18 heavy (non-hydrogen) atoms. The topological polar surface area (TPSA) is 44.1 Å². The zero-order valence-electron chi connectivity index (χ0n) is 10.9. The predicted molar refractivity (Wildman–Crippen MR) is 68.4 cm³/mol. The van der Waals surface area contributed by atoms with Crippen molar-refractivity contribution >= 4 is 17.0 Å². The minimum Gasteiger partial charge on any atom is -0.468 e. The van der Waals surface area contributed by atoms with Crippen LogP contribution in [0, 0.1) is 6.92 Å². The van der Waals surface area contributed by atoms with Crippen LogP contribution in [0.5, 0.6) is 0 Å². The van der Waals surface area contributed by atoms with Crippen LogP contribution in [0.25, 0.3) is 11.0 Å². The summed E-state index contributed by atoms with van der Waals surface area (Å²) in [5, 5.41) is 0. The van der Waals surface area contributed by atoms with E-state index in [1.54, 1.807) is 0 Å². The monoisotopic (exact) mass is 244 g/mol. The molecule has 1 aromatic heterocycles. The van der Waals surface area contributed by atoms with Crippen molar-refractivity contribution in [3.05, 3.63) is 29.6 Å². The third-order valence-corrected chi connectivity index (χ3v) is 3.98. The summed E-state index contributed by atoms with van der Waals surface area (Å²) in [5.74, 6) is 0.853. The van der Waals surface area contributed by atoms with E-state index in [2.05, 4.69) is 11.1 Å². The van der Waals surface area contributed by atoms with Crippen molar-refractivity contribution in [2.45, 2.75) is 25.2 Å². The van der Waals surface area contributed by atoms with E-state index in [0.717, 1.165) is 35.3 Å². The van der Waals surface area contributed by atoms with Crippen LogP contribution in [0.3, 0.4) is 0 Å². The highest BCUT2D eigenvalue weighted by Crippen LogP contribution is 2.49. The third kappa shape index (κ3) is 1.38. The van der Waals surface area contributed by atoms with Crippen LogP contribution >= 0.6 is 0 Å².